The minimum Gasteiger partial charge on any atom is -0.480 e. The van der Waals surface area contributed by atoms with Crippen LogP contribution in [-0.2, 0) is 16.0 Å². The number of nitrogens with one attached hydrogen (secondary N) is 1. The van der Waals surface area contributed by atoms with Gasteiger partial charge >= 0.3 is 5.97 Å². The van der Waals surface area contributed by atoms with E-state index >= 15 is 0 Å². The number of hydrogen-bond acceptors (Lipinski definition) is 4. The minimum absolute atomic E-state index is 0.0521. The molecule has 6 heteroatoms. The average molecular weight is 226 g/mol. The smallest absolute Gasteiger partial charge is 0.326 e. The topological polar surface area (TPSA) is 92.4 Å². The standard InChI is InChI=1S/C10H14N2O4/c1-6(2)9(10(14)15)12-7(13)5-8-11-3-4-16-8/h3-4,6,9H,5H2,1-2H3,(H,12,13)(H,14,15)/t9-/m0/s1. The molecule has 0 radical (unpaired) electrons. The second-order valence-electron chi connectivity index (χ2n) is 3.73. The highest BCUT2D eigenvalue weighted by molar-refractivity contribution is 5.84. The maximum atomic E-state index is 11.5. The number of carboxylic acid groups (broad SMARTS) is 1. The Balaban J connectivity index is 2.52. The van der Waals surface area contributed by atoms with Gasteiger partial charge in [0.05, 0.1) is 6.20 Å². The van der Waals surface area contributed by atoms with E-state index in [4.69, 9.17) is 9.52 Å². The number of aliphatic carboxylic acids is 1. The number of nitrogens with zero attached hydrogens (tertiary/aromatic N) is 1. The molecule has 0 saturated carbocycles. The van der Waals surface area contributed by atoms with Gasteiger partial charge in [0, 0.05) is 0 Å². The molecule has 1 aromatic rings. The van der Waals surface area contributed by atoms with Crippen molar-refractivity contribution in [2.24, 2.45) is 5.92 Å². The molecular formula is C10H14N2O4. The summed E-state index contributed by atoms with van der Waals surface area (Å²) < 4.78 is 4.89. The molecule has 0 bridgehead atoms. The van der Waals surface area contributed by atoms with Crippen LogP contribution in [0.25, 0.3) is 0 Å². The molecule has 0 saturated heterocycles. The fourth-order valence-corrected chi connectivity index (χ4v) is 1.22. The van der Waals surface area contributed by atoms with Crippen molar-refractivity contribution >= 4 is 11.9 Å². The lowest BCUT2D eigenvalue weighted by Gasteiger charge is -2.17. The molecule has 1 aromatic heterocycles. The maximum Gasteiger partial charge on any atom is 0.326 e. The Hall–Kier alpha value is -1.85. The Morgan fingerprint density at radius 1 is 1.56 bits per heavy atom. The van der Waals surface area contributed by atoms with E-state index < -0.39 is 17.9 Å². The molecule has 16 heavy (non-hydrogen) atoms. The predicted octanol–water partition coefficient (Wildman–Crippen LogP) is 0.442. The van der Waals surface area contributed by atoms with Crippen molar-refractivity contribution in [1.82, 2.24) is 10.3 Å². The third-order valence-electron chi connectivity index (χ3n) is 2.04. The number of amides is 1. The second kappa shape index (κ2) is 5.29. The van der Waals surface area contributed by atoms with Gasteiger partial charge in [-0.1, -0.05) is 13.8 Å². The quantitative estimate of drug-likeness (QED) is 0.760. The molecule has 1 rings (SSSR count). The van der Waals surface area contributed by atoms with Crippen LogP contribution in [0.5, 0.6) is 0 Å². The fraction of sp³-hybridized carbons (Fsp3) is 0.500. The fourth-order valence-electron chi connectivity index (χ4n) is 1.22. The first-order valence-corrected chi connectivity index (χ1v) is 4.91. The number of aromatic nitrogens is 1. The summed E-state index contributed by atoms with van der Waals surface area (Å²) in [5.41, 5.74) is 0. The van der Waals surface area contributed by atoms with E-state index in [9.17, 15) is 9.59 Å². The Morgan fingerprint density at radius 2 is 2.25 bits per heavy atom. The first-order valence-electron chi connectivity index (χ1n) is 4.91. The molecule has 1 heterocycles. The summed E-state index contributed by atoms with van der Waals surface area (Å²) in [7, 11) is 0. The second-order valence-corrected chi connectivity index (χ2v) is 3.73. The van der Waals surface area contributed by atoms with Crippen LogP contribution >= 0.6 is 0 Å². The van der Waals surface area contributed by atoms with Crippen LogP contribution in [0.3, 0.4) is 0 Å². The largest absolute Gasteiger partial charge is 0.480 e. The number of hydrogen-bond donors (Lipinski definition) is 2. The van der Waals surface area contributed by atoms with Gasteiger partial charge in [0.25, 0.3) is 0 Å². The zero-order valence-electron chi connectivity index (χ0n) is 9.14. The van der Waals surface area contributed by atoms with Crippen molar-refractivity contribution in [3.05, 3.63) is 18.4 Å². The van der Waals surface area contributed by atoms with Crippen molar-refractivity contribution in [3.8, 4) is 0 Å². The molecule has 6 nitrogen and oxygen atoms in total. The highest BCUT2D eigenvalue weighted by Gasteiger charge is 2.23. The van der Waals surface area contributed by atoms with Gasteiger partial charge in [-0.25, -0.2) is 9.78 Å². The molecular weight excluding hydrogens is 212 g/mol. The van der Waals surface area contributed by atoms with Crippen molar-refractivity contribution in [2.75, 3.05) is 0 Å². The van der Waals surface area contributed by atoms with Gasteiger partial charge in [0.1, 0.15) is 18.7 Å². The van der Waals surface area contributed by atoms with E-state index in [-0.39, 0.29) is 18.2 Å². The number of carbonyl (C=O) groups excluding carboxylic acids is 1. The summed E-state index contributed by atoms with van der Waals surface area (Å²) in [5.74, 6) is -1.37. The van der Waals surface area contributed by atoms with E-state index in [1.54, 1.807) is 13.8 Å². The molecule has 0 aliphatic carbocycles. The van der Waals surface area contributed by atoms with Crippen LogP contribution in [0, 0.1) is 5.92 Å². The number of carboxylic acids is 1. The van der Waals surface area contributed by atoms with Crippen molar-refractivity contribution in [3.63, 3.8) is 0 Å². The van der Waals surface area contributed by atoms with Gasteiger partial charge in [-0.3, -0.25) is 4.79 Å². The summed E-state index contributed by atoms with van der Waals surface area (Å²) in [6, 6.07) is -0.887. The lowest BCUT2D eigenvalue weighted by atomic mass is 10.0. The van der Waals surface area contributed by atoms with Crippen LogP contribution in [0.4, 0.5) is 0 Å². The Kier molecular flexibility index (Phi) is 4.04. The number of carbonyl (C=O) groups is 2. The van der Waals surface area contributed by atoms with E-state index in [0.29, 0.717) is 0 Å². The normalized spacial score (nSPS) is 12.4. The first kappa shape index (κ1) is 12.2. The monoisotopic (exact) mass is 226 g/mol. The first-order chi connectivity index (χ1) is 7.50. The summed E-state index contributed by atoms with van der Waals surface area (Å²) in [6.45, 7) is 3.45. The molecule has 0 fully saturated rings. The Labute approximate surface area is 92.7 Å². The Morgan fingerprint density at radius 3 is 2.69 bits per heavy atom. The molecule has 0 unspecified atom stereocenters. The summed E-state index contributed by atoms with van der Waals surface area (Å²) in [4.78, 5) is 26.1. The zero-order chi connectivity index (χ0) is 12.1. The van der Waals surface area contributed by atoms with E-state index in [0.717, 1.165) is 0 Å². The Bertz CT molecular complexity index is 359. The van der Waals surface area contributed by atoms with Gasteiger partial charge in [0.2, 0.25) is 11.8 Å². The predicted molar refractivity (Wildman–Crippen MR) is 54.6 cm³/mol. The molecule has 0 aliphatic heterocycles. The molecule has 88 valence electrons. The summed E-state index contributed by atoms with van der Waals surface area (Å²) >= 11 is 0. The lowest BCUT2D eigenvalue weighted by Crippen LogP contribution is -2.44. The number of oxazole rings is 1. The third-order valence-corrected chi connectivity index (χ3v) is 2.04. The van der Waals surface area contributed by atoms with Gasteiger partial charge in [-0.15, -0.1) is 0 Å². The highest BCUT2D eigenvalue weighted by Crippen LogP contribution is 2.03. The minimum atomic E-state index is -1.05. The summed E-state index contributed by atoms with van der Waals surface area (Å²) in [6.07, 6.45) is 2.74. The number of rotatable bonds is 5. The van der Waals surface area contributed by atoms with E-state index in [2.05, 4.69) is 10.3 Å². The summed E-state index contributed by atoms with van der Waals surface area (Å²) in [5, 5.41) is 11.3. The van der Waals surface area contributed by atoms with E-state index in [1.165, 1.54) is 12.5 Å². The van der Waals surface area contributed by atoms with Gasteiger partial charge in [-0.2, -0.15) is 0 Å². The molecule has 2 N–H and O–H groups in total. The van der Waals surface area contributed by atoms with Crippen LogP contribution in [0.15, 0.2) is 16.9 Å². The van der Waals surface area contributed by atoms with Crippen LogP contribution < -0.4 is 5.32 Å². The third kappa shape index (κ3) is 3.38. The molecule has 0 spiro atoms. The molecule has 1 amide bonds. The van der Waals surface area contributed by atoms with E-state index in [1.807, 2.05) is 0 Å². The van der Waals surface area contributed by atoms with Crippen molar-refractivity contribution in [1.29, 1.82) is 0 Å². The SMILES string of the molecule is CC(C)[C@H](NC(=O)Cc1ncco1)C(=O)O. The highest BCUT2D eigenvalue weighted by atomic mass is 16.4. The van der Waals surface area contributed by atoms with Gasteiger partial charge in [-0.05, 0) is 5.92 Å². The van der Waals surface area contributed by atoms with Crippen molar-refractivity contribution < 1.29 is 19.1 Å². The van der Waals surface area contributed by atoms with Gasteiger partial charge in [0.15, 0.2) is 0 Å². The lowest BCUT2D eigenvalue weighted by molar-refractivity contribution is -0.143. The average Bonchev–Trinajstić information content (AvgIpc) is 2.65. The van der Waals surface area contributed by atoms with Crippen LogP contribution in [0.2, 0.25) is 0 Å². The zero-order valence-corrected chi connectivity index (χ0v) is 9.14. The molecule has 0 aliphatic rings. The van der Waals surface area contributed by atoms with Gasteiger partial charge < -0.3 is 14.8 Å². The molecule has 0 aromatic carbocycles. The van der Waals surface area contributed by atoms with Crippen molar-refractivity contribution in [2.45, 2.75) is 26.3 Å². The maximum absolute atomic E-state index is 11.5. The molecule has 1 atom stereocenters. The van der Waals surface area contributed by atoms with Crippen LogP contribution in [0.1, 0.15) is 19.7 Å². The van der Waals surface area contributed by atoms with Crippen LogP contribution in [-0.4, -0.2) is 28.0 Å².